The van der Waals surface area contributed by atoms with Crippen LogP contribution in [-0.4, -0.2) is 26.3 Å². The molecule has 0 spiro atoms. The summed E-state index contributed by atoms with van der Waals surface area (Å²) in [5.41, 5.74) is 2.63. The van der Waals surface area contributed by atoms with Crippen LogP contribution >= 0.6 is 0 Å². The zero-order valence-corrected chi connectivity index (χ0v) is 13.3. The maximum atomic E-state index is 5.42. The van der Waals surface area contributed by atoms with Gasteiger partial charge in [0.05, 0.1) is 32.5 Å². The highest BCUT2D eigenvalue weighted by molar-refractivity contribution is 5.94. The van der Waals surface area contributed by atoms with E-state index in [1.165, 1.54) is 0 Å². The Morgan fingerprint density at radius 3 is 2.26 bits per heavy atom. The van der Waals surface area contributed by atoms with Crippen molar-refractivity contribution < 1.29 is 14.2 Å². The van der Waals surface area contributed by atoms with Gasteiger partial charge in [-0.3, -0.25) is 4.98 Å². The van der Waals surface area contributed by atoms with E-state index < -0.39 is 0 Å². The van der Waals surface area contributed by atoms with Gasteiger partial charge in [-0.25, -0.2) is 0 Å². The molecule has 118 valence electrons. The Hall–Kier alpha value is -2.95. The Balaban J connectivity index is 2.07. The standard InChI is InChI=1S/C18H18N2O3/c1-21-12-4-6-15-14(10-12)16(8-9-19-15)20-17-11-13(22-2)5-7-18(17)23-3/h4-11H,1-3H3,(H,19,20). The molecule has 2 aromatic carbocycles. The van der Waals surface area contributed by atoms with Gasteiger partial charge in [-0.15, -0.1) is 0 Å². The Morgan fingerprint density at radius 2 is 1.52 bits per heavy atom. The third kappa shape index (κ3) is 2.99. The number of ether oxygens (including phenoxy) is 3. The van der Waals surface area contributed by atoms with Gasteiger partial charge < -0.3 is 19.5 Å². The first-order valence-electron chi connectivity index (χ1n) is 7.17. The molecule has 0 aliphatic carbocycles. The van der Waals surface area contributed by atoms with E-state index in [2.05, 4.69) is 10.3 Å². The zero-order valence-electron chi connectivity index (χ0n) is 13.3. The number of anilines is 2. The van der Waals surface area contributed by atoms with Gasteiger partial charge in [0.2, 0.25) is 0 Å². The topological polar surface area (TPSA) is 52.6 Å². The minimum atomic E-state index is 0.735. The van der Waals surface area contributed by atoms with Crippen molar-refractivity contribution in [3.63, 3.8) is 0 Å². The van der Waals surface area contributed by atoms with E-state index >= 15 is 0 Å². The summed E-state index contributed by atoms with van der Waals surface area (Å²) in [5, 5.41) is 4.36. The second-order valence-electron chi connectivity index (χ2n) is 4.93. The van der Waals surface area contributed by atoms with Crippen LogP contribution in [0.4, 0.5) is 11.4 Å². The summed E-state index contributed by atoms with van der Waals surface area (Å²) in [6.07, 6.45) is 1.77. The number of nitrogens with zero attached hydrogens (tertiary/aromatic N) is 1. The number of benzene rings is 2. The van der Waals surface area contributed by atoms with Gasteiger partial charge in [0, 0.05) is 23.3 Å². The average Bonchev–Trinajstić information content (AvgIpc) is 2.61. The quantitative estimate of drug-likeness (QED) is 0.772. The molecule has 0 atom stereocenters. The second-order valence-corrected chi connectivity index (χ2v) is 4.93. The predicted octanol–water partition coefficient (Wildman–Crippen LogP) is 4.00. The molecule has 1 aromatic heterocycles. The van der Waals surface area contributed by atoms with Crippen LogP contribution in [0.15, 0.2) is 48.7 Å². The first-order valence-corrected chi connectivity index (χ1v) is 7.17. The van der Waals surface area contributed by atoms with Gasteiger partial charge in [0.25, 0.3) is 0 Å². The molecule has 23 heavy (non-hydrogen) atoms. The van der Waals surface area contributed by atoms with Gasteiger partial charge >= 0.3 is 0 Å². The SMILES string of the molecule is COc1ccc(OC)c(Nc2ccnc3ccc(OC)cc23)c1. The molecular weight excluding hydrogens is 292 g/mol. The maximum Gasteiger partial charge on any atom is 0.142 e. The van der Waals surface area contributed by atoms with Crippen molar-refractivity contribution in [3.8, 4) is 17.2 Å². The number of aromatic nitrogens is 1. The van der Waals surface area contributed by atoms with E-state index in [4.69, 9.17) is 14.2 Å². The fourth-order valence-corrected chi connectivity index (χ4v) is 2.42. The summed E-state index contributed by atoms with van der Waals surface area (Å²) in [4.78, 5) is 4.38. The number of rotatable bonds is 5. The van der Waals surface area contributed by atoms with Crippen LogP contribution in [0.2, 0.25) is 0 Å². The molecule has 1 heterocycles. The molecule has 3 rings (SSSR count). The molecular formula is C18H18N2O3. The fourth-order valence-electron chi connectivity index (χ4n) is 2.42. The summed E-state index contributed by atoms with van der Waals surface area (Å²) in [5.74, 6) is 2.27. The van der Waals surface area contributed by atoms with Crippen LogP contribution < -0.4 is 19.5 Å². The Kier molecular flexibility index (Phi) is 4.19. The monoisotopic (exact) mass is 310 g/mol. The summed E-state index contributed by atoms with van der Waals surface area (Å²) >= 11 is 0. The molecule has 0 unspecified atom stereocenters. The van der Waals surface area contributed by atoms with Crippen LogP contribution in [0.25, 0.3) is 10.9 Å². The van der Waals surface area contributed by atoms with E-state index in [0.717, 1.165) is 39.5 Å². The van der Waals surface area contributed by atoms with Crippen LogP contribution in [0.5, 0.6) is 17.2 Å². The molecule has 5 heteroatoms. The van der Waals surface area contributed by atoms with Crippen molar-refractivity contribution in [2.45, 2.75) is 0 Å². The van der Waals surface area contributed by atoms with Gasteiger partial charge in [0.15, 0.2) is 0 Å². The van der Waals surface area contributed by atoms with Gasteiger partial charge in [-0.1, -0.05) is 0 Å². The predicted molar refractivity (Wildman–Crippen MR) is 91.1 cm³/mol. The number of nitrogens with one attached hydrogen (secondary N) is 1. The maximum absolute atomic E-state index is 5.42. The molecule has 0 aliphatic rings. The number of methoxy groups -OCH3 is 3. The second kappa shape index (κ2) is 6.44. The smallest absolute Gasteiger partial charge is 0.142 e. The molecule has 1 N–H and O–H groups in total. The summed E-state index contributed by atoms with van der Waals surface area (Å²) < 4.78 is 16.0. The summed E-state index contributed by atoms with van der Waals surface area (Å²) in [6, 6.07) is 13.3. The van der Waals surface area contributed by atoms with Crippen LogP contribution in [0, 0.1) is 0 Å². The normalized spacial score (nSPS) is 10.4. The van der Waals surface area contributed by atoms with Crippen molar-refractivity contribution in [2.24, 2.45) is 0 Å². The van der Waals surface area contributed by atoms with Gasteiger partial charge in [-0.05, 0) is 36.4 Å². The Morgan fingerprint density at radius 1 is 0.783 bits per heavy atom. The number of fused-ring (bicyclic) bond motifs is 1. The van der Waals surface area contributed by atoms with Crippen molar-refractivity contribution in [1.82, 2.24) is 4.98 Å². The lowest BCUT2D eigenvalue weighted by Crippen LogP contribution is -1.97. The lowest BCUT2D eigenvalue weighted by molar-refractivity contribution is 0.405. The molecule has 0 fully saturated rings. The average molecular weight is 310 g/mol. The van der Waals surface area contributed by atoms with Crippen molar-refractivity contribution in [3.05, 3.63) is 48.7 Å². The highest BCUT2D eigenvalue weighted by Gasteiger charge is 2.09. The number of hydrogen-bond donors (Lipinski definition) is 1. The Labute approximate surface area is 134 Å². The van der Waals surface area contributed by atoms with Crippen molar-refractivity contribution in [2.75, 3.05) is 26.6 Å². The van der Waals surface area contributed by atoms with E-state index in [-0.39, 0.29) is 0 Å². The Bertz CT molecular complexity index is 834. The van der Waals surface area contributed by atoms with Crippen LogP contribution in [-0.2, 0) is 0 Å². The minimum absolute atomic E-state index is 0.735. The molecule has 0 saturated heterocycles. The van der Waals surface area contributed by atoms with E-state index in [0.29, 0.717) is 0 Å². The summed E-state index contributed by atoms with van der Waals surface area (Å²) in [7, 11) is 4.93. The highest BCUT2D eigenvalue weighted by atomic mass is 16.5. The van der Waals surface area contributed by atoms with Crippen LogP contribution in [0.3, 0.4) is 0 Å². The van der Waals surface area contributed by atoms with Crippen LogP contribution in [0.1, 0.15) is 0 Å². The fraction of sp³-hybridized carbons (Fsp3) is 0.167. The number of hydrogen-bond acceptors (Lipinski definition) is 5. The lowest BCUT2D eigenvalue weighted by Gasteiger charge is -2.14. The van der Waals surface area contributed by atoms with Crippen molar-refractivity contribution in [1.29, 1.82) is 0 Å². The zero-order chi connectivity index (χ0) is 16.2. The third-order valence-corrected chi connectivity index (χ3v) is 3.62. The summed E-state index contributed by atoms with van der Waals surface area (Å²) in [6.45, 7) is 0. The van der Waals surface area contributed by atoms with E-state index in [1.54, 1.807) is 27.5 Å². The molecule has 0 amide bonds. The van der Waals surface area contributed by atoms with E-state index in [1.807, 2.05) is 42.5 Å². The van der Waals surface area contributed by atoms with Gasteiger partial charge in [0.1, 0.15) is 17.2 Å². The van der Waals surface area contributed by atoms with Gasteiger partial charge in [-0.2, -0.15) is 0 Å². The molecule has 0 saturated carbocycles. The van der Waals surface area contributed by atoms with Crippen molar-refractivity contribution >= 4 is 22.3 Å². The molecule has 0 bridgehead atoms. The molecule has 0 radical (unpaired) electrons. The third-order valence-electron chi connectivity index (χ3n) is 3.62. The molecule has 5 nitrogen and oxygen atoms in total. The largest absolute Gasteiger partial charge is 0.497 e. The molecule has 3 aromatic rings. The number of pyridine rings is 1. The highest BCUT2D eigenvalue weighted by Crippen LogP contribution is 2.34. The van der Waals surface area contributed by atoms with E-state index in [9.17, 15) is 0 Å². The first-order chi connectivity index (χ1) is 11.2. The molecule has 0 aliphatic heterocycles. The minimum Gasteiger partial charge on any atom is -0.497 e. The lowest BCUT2D eigenvalue weighted by atomic mass is 10.1. The first kappa shape index (κ1) is 15.0.